The standard InChI is InChI=1S/C10H13N3O5/c1-6(2)12(5-9(14)15)10(16)8-3-7(4-11-8)13(17)18/h3-4,6,11H,5H2,1-2H3,(H,14,15). The number of H-pyrrole nitrogens is 1. The molecule has 1 aromatic heterocycles. The molecule has 1 rings (SSSR count). The van der Waals surface area contributed by atoms with Crippen molar-refractivity contribution in [3.63, 3.8) is 0 Å². The summed E-state index contributed by atoms with van der Waals surface area (Å²) in [6.07, 6.45) is 1.09. The molecule has 0 radical (unpaired) electrons. The summed E-state index contributed by atoms with van der Waals surface area (Å²) in [5.74, 6) is -1.72. The number of nitrogens with zero attached hydrogens (tertiary/aromatic N) is 2. The highest BCUT2D eigenvalue weighted by molar-refractivity contribution is 5.95. The van der Waals surface area contributed by atoms with Crippen LogP contribution < -0.4 is 0 Å². The van der Waals surface area contributed by atoms with Gasteiger partial charge in [0.2, 0.25) is 0 Å². The Kier molecular flexibility index (Phi) is 4.03. The fraction of sp³-hybridized carbons (Fsp3) is 0.400. The van der Waals surface area contributed by atoms with Crippen molar-refractivity contribution in [2.75, 3.05) is 6.54 Å². The van der Waals surface area contributed by atoms with Gasteiger partial charge < -0.3 is 15.0 Å². The van der Waals surface area contributed by atoms with Crippen molar-refractivity contribution in [1.29, 1.82) is 0 Å². The van der Waals surface area contributed by atoms with Crippen LogP contribution in [0.2, 0.25) is 0 Å². The molecule has 0 atom stereocenters. The van der Waals surface area contributed by atoms with Crippen LogP contribution in [-0.4, -0.2) is 44.4 Å². The lowest BCUT2D eigenvalue weighted by molar-refractivity contribution is -0.384. The number of rotatable bonds is 5. The van der Waals surface area contributed by atoms with Gasteiger partial charge in [-0.2, -0.15) is 0 Å². The van der Waals surface area contributed by atoms with Gasteiger partial charge in [0.05, 0.1) is 11.1 Å². The molecule has 0 aliphatic rings. The first-order chi connectivity index (χ1) is 8.32. The molecule has 0 spiro atoms. The van der Waals surface area contributed by atoms with Gasteiger partial charge in [0, 0.05) is 12.1 Å². The monoisotopic (exact) mass is 255 g/mol. The Bertz CT molecular complexity index is 480. The largest absolute Gasteiger partial charge is 0.480 e. The van der Waals surface area contributed by atoms with Crippen molar-refractivity contribution in [2.45, 2.75) is 19.9 Å². The van der Waals surface area contributed by atoms with E-state index >= 15 is 0 Å². The number of aromatic amines is 1. The fourth-order valence-electron chi connectivity index (χ4n) is 1.40. The zero-order valence-corrected chi connectivity index (χ0v) is 9.91. The van der Waals surface area contributed by atoms with Gasteiger partial charge in [-0.05, 0) is 13.8 Å². The second-order valence-corrected chi connectivity index (χ2v) is 3.95. The molecule has 98 valence electrons. The maximum absolute atomic E-state index is 12.0. The molecule has 0 saturated carbocycles. The Balaban J connectivity index is 2.94. The van der Waals surface area contributed by atoms with E-state index in [0.29, 0.717) is 0 Å². The maximum atomic E-state index is 12.0. The van der Waals surface area contributed by atoms with E-state index in [9.17, 15) is 19.7 Å². The molecule has 0 unspecified atom stereocenters. The molecule has 8 nitrogen and oxygen atoms in total. The van der Waals surface area contributed by atoms with Gasteiger partial charge in [-0.15, -0.1) is 0 Å². The molecule has 0 saturated heterocycles. The lowest BCUT2D eigenvalue weighted by Crippen LogP contribution is -2.40. The highest BCUT2D eigenvalue weighted by Crippen LogP contribution is 2.15. The van der Waals surface area contributed by atoms with E-state index in [0.717, 1.165) is 17.2 Å². The number of aliphatic carboxylic acids is 1. The molecule has 1 heterocycles. The number of carbonyl (C=O) groups excluding carboxylic acids is 1. The Morgan fingerprint density at radius 2 is 2.17 bits per heavy atom. The van der Waals surface area contributed by atoms with E-state index in [1.54, 1.807) is 13.8 Å². The van der Waals surface area contributed by atoms with Crippen LogP contribution in [0, 0.1) is 10.1 Å². The van der Waals surface area contributed by atoms with Crippen molar-refractivity contribution < 1.29 is 19.6 Å². The van der Waals surface area contributed by atoms with Crippen LogP contribution in [0.25, 0.3) is 0 Å². The zero-order chi connectivity index (χ0) is 13.9. The number of carbonyl (C=O) groups is 2. The lowest BCUT2D eigenvalue weighted by Gasteiger charge is -2.24. The van der Waals surface area contributed by atoms with Crippen molar-refractivity contribution in [3.8, 4) is 0 Å². The number of hydrogen-bond donors (Lipinski definition) is 2. The summed E-state index contributed by atoms with van der Waals surface area (Å²) in [5, 5.41) is 19.2. The molecule has 1 aromatic rings. The van der Waals surface area contributed by atoms with Gasteiger partial charge in [-0.25, -0.2) is 0 Å². The molecular weight excluding hydrogens is 242 g/mol. The maximum Gasteiger partial charge on any atom is 0.323 e. The van der Waals surface area contributed by atoms with Crippen LogP contribution in [0.3, 0.4) is 0 Å². The van der Waals surface area contributed by atoms with Crippen molar-refractivity contribution in [3.05, 3.63) is 28.1 Å². The first-order valence-electron chi connectivity index (χ1n) is 5.18. The molecule has 0 aliphatic carbocycles. The third kappa shape index (κ3) is 3.06. The Morgan fingerprint density at radius 3 is 2.56 bits per heavy atom. The number of hydrogen-bond acceptors (Lipinski definition) is 4. The fourth-order valence-corrected chi connectivity index (χ4v) is 1.40. The van der Waals surface area contributed by atoms with Crippen LogP contribution in [0.5, 0.6) is 0 Å². The predicted octanol–water partition coefficient (Wildman–Crippen LogP) is 0.858. The van der Waals surface area contributed by atoms with E-state index in [1.807, 2.05) is 0 Å². The van der Waals surface area contributed by atoms with Gasteiger partial charge in [0.1, 0.15) is 12.2 Å². The number of nitrogens with one attached hydrogen (secondary N) is 1. The highest BCUT2D eigenvalue weighted by atomic mass is 16.6. The minimum Gasteiger partial charge on any atom is -0.480 e. The smallest absolute Gasteiger partial charge is 0.323 e. The number of aromatic nitrogens is 1. The lowest BCUT2D eigenvalue weighted by atomic mass is 10.2. The SMILES string of the molecule is CC(C)N(CC(=O)O)C(=O)c1cc([N+](=O)[O-])c[nH]1. The van der Waals surface area contributed by atoms with Gasteiger partial charge in [0.25, 0.3) is 11.6 Å². The van der Waals surface area contributed by atoms with E-state index < -0.39 is 23.3 Å². The van der Waals surface area contributed by atoms with Gasteiger partial charge in [-0.3, -0.25) is 19.7 Å². The van der Waals surface area contributed by atoms with Gasteiger partial charge >= 0.3 is 5.97 Å². The predicted molar refractivity (Wildman–Crippen MR) is 61.3 cm³/mol. The summed E-state index contributed by atoms with van der Waals surface area (Å²) in [5.41, 5.74) is -0.242. The van der Waals surface area contributed by atoms with Crippen molar-refractivity contribution >= 4 is 17.6 Å². The first kappa shape index (κ1) is 13.7. The number of nitro groups is 1. The van der Waals surface area contributed by atoms with E-state index in [4.69, 9.17) is 5.11 Å². The second-order valence-electron chi connectivity index (χ2n) is 3.95. The normalized spacial score (nSPS) is 10.4. The molecule has 0 aliphatic heterocycles. The van der Waals surface area contributed by atoms with Crippen LogP contribution in [0.1, 0.15) is 24.3 Å². The van der Waals surface area contributed by atoms with E-state index in [1.165, 1.54) is 0 Å². The van der Waals surface area contributed by atoms with E-state index in [2.05, 4.69) is 4.98 Å². The summed E-state index contributed by atoms with van der Waals surface area (Å²) < 4.78 is 0. The molecule has 18 heavy (non-hydrogen) atoms. The minimum absolute atomic E-state index is 0.00310. The summed E-state index contributed by atoms with van der Waals surface area (Å²) in [7, 11) is 0. The van der Waals surface area contributed by atoms with E-state index in [-0.39, 0.29) is 17.4 Å². The summed E-state index contributed by atoms with van der Waals surface area (Å²) in [4.78, 5) is 36.0. The van der Waals surface area contributed by atoms with Crippen molar-refractivity contribution in [2.24, 2.45) is 0 Å². The van der Waals surface area contributed by atoms with Crippen LogP contribution in [0.4, 0.5) is 5.69 Å². The highest BCUT2D eigenvalue weighted by Gasteiger charge is 2.24. The van der Waals surface area contributed by atoms with Crippen LogP contribution >= 0.6 is 0 Å². The topological polar surface area (TPSA) is 117 Å². The third-order valence-electron chi connectivity index (χ3n) is 2.30. The van der Waals surface area contributed by atoms with Gasteiger partial charge in [0.15, 0.2) is 0 Å². The Hall–Kier alpha value is -2.38. The number of amides is 1. The quantitative estimate of drug-likeness (QED) is 0.597. The molecular formula is C10H13N3O5. The molecule has 0 bridgehead atoms. The Labute approximate surface area is 102 Å². The number of carboxylic acids is 1. The molecule has 2 N–H and O–H groups in total. The van der Waals surface area contributed by atoms with Crippen LogP contribution in [0.15, 0.2) is 12.3 Å². The first-order valence-corrected chi connectivity index (χ1v) is 5.18. The van der Waals surface area contributed by atoms with Crippen LogP contribution in [-0.2, 0) is 4.79 Å². The third-order valence-corrected chi connectivity index (χ3v) is 2.30. The summed E-state index contributed by atoms with van der Waals surface area (Å²) >= 11 is 0. The van der Waals surface area contributed by atoms with Gasteiger partial charge in [-0.1, -0.05) is 0 Å². The Morgan fingerprint density at radius 1 is 1.56 bits per heavy atom. The van der Waals surface area contributed by atoms with Crippen molar-refractivity contribution in [1.82, 2.24) is 9.88 Å². The summed E-state index contributed by atoms with van der Waals surface area (Å²) in [6, 6.07) is 0.760. The minimum atomic E-state index is -1.14. The second kappa shape index (κ2) is 5.30. The molecule has 0 fully saturated rings. The zero-order valence-electron chi connectivity index (χ0n) is 9.91. The summed E-state index contributed by atoms with van der Waals surface area (Å²) in [6.45, 7) is 2.87. The molecule has 0 aromatic carbocycles. The molecule has 1 amide bonds. The average molecular weight is 255 g/mol. The molecule has 8 heteroatoms. The number of carboxylic acid groups (broad SMARTS) is 1. The average Bonchev–Trinajstić information content (AvgIpc) is 2.73.